The molecule has 2 unspecified atom stereocenters. The fourth-order valence-electron chi connectivity index (χ4n) is 4.33. The van der Waals surface area contributed by atoms with E-state index in [-0.39, 0.29) is 23.4 Å². The number of esters is 1. The summed E-state index contributed by atoms with van der Waals surface area (Å²) < 4.78 is 10.4. The number of methoxy groups -OCH3 is 2. The predicted molar refractivity (Wildman–Crippen MR) is 79.6 cm³/mol. The molecule has 2 saturated carbocycles. The Hall–Kier alpha value is -0.870. The topological polar surface area (TPSA) is 35.5 Å². The SMILES string of the molecule is COC(=O)C1(Br)[C@H]2CCC[C@@H]1C2(OC)c1ccccc1. The van der Waals surface area contributed by atoms with Gasteiger partial charge in [-0.05, 0) is 18.4 Å². The summed E-state index contributed by atoms with van der Waals surface area (Å²) in [4.78, 5) is 12.2. The molecule has 2 aliphatic carbocycles. The molecule has 3 nitrogen and oxygen atoms in total. The third-order valence-corrected chi connectivity index (χ3v) is 6.53. The maximum absolute atomic E-state index is 12.2. The number of hydrogen-bond donors (Lipinski definition) is 0. The van der Waals surface area contributed by atoms with E-state index in [0.717, 1.165) is 24.8 Å². The molecule has 4 atom stereocenters. The largest absolute Gasteiger partial charge is 0.468 e. The first-order valence-electron chi connectivity index (χ1n) is 7.00. The summed E-state index contributed by atoms with van der Waals surface area (Å²) >= 11 is 3.70. The second-order valence-electron chi connectivity index (χ2n) is 5.66. The number of alkyl halides is 1. The number of rotatable bonds is 3. The summed E-state index contributed by atoms with van der Waals surface area (Å²) in [5, 5.41) is 0. The van der Waals surface area contributed by atoms with Crippen LogP contribution < -0.4 is 0 Å². The molecule has 0 aliphatic heterocycles. The van der Waals surface area contributed by atoms with E-state index < -0.39 is 4.32 Å². The monoisotopic (exact) mass is 338 g/mol. The maximum Gasteiger partial charge on any atom is 0.323 e. The van der Waals surface area contributed by atoms with Crippen molar-refractivity contribution in [2.45, 2.75) is 29.2 Å². The van der Waals surface area contributed by atoms with Crippen molar-refractivity contribution in [3.63, 3.8) is 0 Å². The highest BCUT2D eigenvalue weighted by Crippen LogP contribution is 2.70. The zero-order valence-corrected chi connectivity index (χ0v) is 13.4. The van der Waals surface area contributed by atoms with Crippen LogP contribution in [0.4, 0.5) is 0 Å². The van der Waals surface area contributed by atoms with Crippen LogP contribution in [0.5, 0.6) is 0 Å². The van der Waals surface area contributed by atoms with Gasteiger partial charge < -0.3 is 9.47 Å². The Kier molecular flexibility index (Phi) is 3.41. The third kappa shape index (κ3) is 1.52. The molecule has 0 spiro atoms. The highest BCUT2D eigenvalue weighted by molar-refractivity contribution is 9.10. The summed E-state index contributed by atoms with van der Waals surface area (Å²) in [5.74, 6) is 0.0676. The molecule has 1 aromatic carbocycles. The first-order chi connectivity index (χ1) is 9.62. The minimum atomic E-state index is -0.591. The van der Waals surface area contributed by atoms with Crippen LogP contribution in [0.3, 0.4) is 0 Å². The number of carbonyl (C=O) groups excluding carboxylic acids is 1. The summed E-state index contributed by atoms with van der Waals surface area (Å²) in [5.41, 5.74) is 0.799. The van der Waals surface area contributed by atoms with Gasteiger partial charge in [0.1, 0.15) is 9.93 Å². The van der Waals surface area contributed by atoms with E-state index in [1.807, 2.05) is 18.2 Å². The smallest absolute Gasteiger partial charge is 0.323 e. The second kappa shape index (κ2) is 4.85. The normalized spacial score (nSPS) is 39.0. The van der Waals surface area contributed by atoms with Crippen LogP contribution in [0.25, 0.3) is 0 Å². The Labute approximate surface area is 127 Å². The Morgan fingerprint density at radius 1 is 1.20 bits per heavy atom. The molecule has 2 fully saturated rings. The van der Waals surface area contributed by atoms with Crippen molar-refractivity contribution in [1.82, 2.24) is 0 Å². The molecule has 20 heavy (non-hydrogen) atoms. The first kappa shape index (κ1) is 14.1. The van der Waals surface area contributed by atoms with Gasteiger partial charge >= 0.3 is 5.97 Å². The standard InChI is InChI=1S/C16H19BrO3/c1-19-14(18)15(17)12-9-6-10-13(15)16(12,20-2)11-7-4-3-5-8-11/h3-5,7-8,12-13H,6,9-10H2,1-2H3/t12-,13+,15?,16?. The Morgan fingerprint density at radius 3 is 2.30 bits per heavy atom. The van der Waals surface area contributed by atoms with Crippen LogP contribution in [0.2, 0.25) is 0 Å². The minimum Gasteiger partial charge on any atom is -0.468 e. The van der Waals surface area contributed by atoms with Gasteiger partial charge in [0.15, 0.2) is 0 Å². The van der Waals surface area contributed by atoms with Crippen LogP contribution in [0.15, 0.2) is 30.3 Å². The van der Waals surface area contributed by atoms with Gasteiger partial charge in [0.2, 0.25) is 0 Å². The van der Waals surface area contributed by atoms with Crippen LogP contribution in [0.1, 0.15) is 24.8 Å². The fraction of sp³-hybridized carbons (Fsp3) is 0.562. The first-order valence-corrected chi connectivity index (χ1v) is 7.79. The summed E-state index contributed by atoms with van der Waals surface area (Å²) in [7, 11) is 3.21. The van der Waals surface area contributed by atoms with E-state index in [4.69, 9.17) is 9.47 Å². The average Bonchev–Trinajstić information content (AvgIpc) is 2.53. The number of hydrogen-bond acceptors (Lipinski definition) is 3. The van der Waals surface area contributed by atoms with Crippen LogP contribution in [-0.2, 0) is 19.9 Å². The van der Waals surface area contributed by atoms with Gasteiger partial charge in [-0.25, -0.2) is 0 Å². The molecule has 0 heterocycles. The highest BCUT2D eigenvalue weighted by atomic mass is 79.9. The zero-order chi connectivity index (χ0) is 14.4. The molecule has 3 rings (SSSR count). The minimum absolute atomic E-state index is 0.119. The molecule has 0 aromatic heterocycles. The Morgan fingerprint density at radius 2 is 1.80 bits per heavy atom. The van der Waals surface area contributed by atoms with E-state index in [9.17, 15) is 4.79 Å². The molecule has 1 aromatic rings. The lowest BCUT2D eigenvalue weighted by molar-refractivity contribution is -0.235. The van der Waals surface area contributed by atoms with Crippen molar-refractivity contribution in [3.05, 3.63) is 35.9 Å². The lowest BCUT2D eigenvalue weighted by atomic mass is 9.45. The molecule has 2 aliphatic rings. The van der Waals surface area contributed by atoms with Gasteiger partial charge in [-0.15, -0.1) is 0 Å². The van der Waals surface area contributed by atoms with Crippen molar-refractivity contribution in [1.29, 1.82) is 0 Å². The summed E-state index contributed by atoms with van der Waals surface area (Å²) in [6.07, 6.45) is 3.08. The molecule has 0 amide bonds. The van der Waals surface area contributed by atoms with Crippen molar-refractivity contribution >= 4 is 21.9 Å². The van der Waals surface area contributed by atoms with E-state index in [0.29, 0.717) is 0 Å². The highest BCUT2D eigenvalue weighted by Gasteiger charge is 2.75. The lowest BCUT2D eigenvalue weighted by Gasteiger charge is -2.67. The molecule has 2 bridgehead atoms. The molecular formula is C16H19BrO3. The molecule has 108 valence electrons. The number of ether oxygens (including phenoxy) is 2. The molecule has 0 saturated heterocycles. The van der Waals surface area contributed by atoms with E-state index in [1.54, 1.807) is 7.11 Å². The second-order valence-corrected chi connectivity index (χ2v) is 6.97. The number of carbonyl (C=O) groups is 1. The maximum atomic E-state index is 12.2. The average molecular weight is 339 g/mol. The van der Waals surface area contributed by atoms with E-state index >= 15 is 0 Å². The van der Waals surface area contributed by atoms with Gasteiger partial charge in [0, 0.05) is 18.9 Å². The molecular weight excluding hydrogens is 320 g/mol. The van der Waals surface area contributed by atoms with Gasteiger partial charge in [-0.2, -0.15) is 0 Å². The van der Waals surface area contributed by atoms with Gasteiger partial charge in [-0.1, -0.05) is 52.7 Å². The van der Waals surface area contributed by atoms with Crippen molar-refractivity contribution in [3.8, 4) is 0 Å². The van der Waals surface area contributed by atoms with Crippen molar-refractivity contribution in [2.24, 2.45) is 11.8 Å². The molecule has 0 N–H and O–H groups in total. The van der Waals surface area contributed by atoms with Crippen molar-refractivity contribution in [2.75, 3.05) is 14.2 Å². The number of fused-ring (bicyclic) bond motifs is 2. The van der Waals surface area contributed by atoms with Gasteiger partial charge in [-0.3, -0.25) is 4.79 Å². The Bertz CT molecular complexity index is 502. The van der Waals surface area contributed by atoms with E-state index in [2.05, 4.69) is 28.1 Å². The predicted octanol–water partition coefficient (Wildman–Crippen LogP) is 3.26. The number of benzene rings is 1. The van der Waals surface area contributed by atoms with E-state index in [1.165, 1.54) is 7.11 Å². The molecule has 4 heteroatoms. The quantitative estimate of drug-likeness (QED) is 0.626. The van der Waals surface area contributed by atoms with Gasteiger partial charge in [0.05, 0.1) is 7.11 Å². The fourth-order valence-corrected chi connectivity index (χ4v) is 5.63. The van der Waals surface area contributed by atoms with Crippen LogP contribution in [-0.4, -0.2) is 24.5 Å². The van der Waals surface area contributed by atoms with Crippen LogP contribution >= 0.6 is 15.9 Å². The summed E-state index contributed by atoms with van der Waals surface area (Å²) in [6, 6.07) is 10.2. The third-order valence-electron chi connectivity index (χ3n) is 5.10. The zero-order valence-electron chi connectivity index (χ0n) is 11.8. The Balaban J connectivity index is 2.06. The van der Waals surface area contributed by atoms with Gasteiger partial charge in [0.25, 0.3) is 0 Å². The van der Waals surface area contributed by atoms with Crippen LogP contribution in [0, 0.1) is 11.8 Å². The number of halogens is 1. The summed E-state index contributed by atoms with van der Waals surface area (Å²) in [6.45, 7) is 0. The van der Waals surface area contributed by atoms with Crippen molar-refractivity contribution < 1.29 is 14.3 Å². The lowest BCUT2D eigenvalue weighted by Crippen LogP contribution is -2.74. The molecule has 0 radical (unpaired) electrons.